The Morgan fingerprint density at radius 3 is 1.39 bits per heavy atom. The average Bonchev–Trinajstić information content (AvgIpc) is 3.35. The number of hydrogen-bond donors (Lipinski definition) is 17. The van der Waals surface area contributed by atoms with E-state index in [0.29, 0.717) is 12.0 Å². The maximum absolute atomic E-state index is 14.1. The highest BCUT2D eigenvalue weighted by atomic mass is 32.2. The molecule has 0 aromatic heterocycles. The lowest BCUT2D eigenvalue weighted by atomic mass is 10.00. The molecule has 434 valence electrons. The number of guanidine groups is 2. The van der Waals surface area contributed by atoms with Gasteiger partial charge >= 0.3 is 5.97 Å². The SMILES string of the molecule is CSCC[C@H](NC(=O)[C@H](CCCN=C(N)N)NC(=O)[C@H](CO)NC(=O)[C@H](Cc1ccccc1)NC(=O)[C@@H](NC(=O)[C@@H](N)CCCN=C(N)N)[C@@H](C)O)C(=O)N[C@@H](CO)C(=O)N[C@@H](CC(C)C)C(=O)N[C@@H](CC(C)C)C(=O)O. The predicted molar refractivity (Wildman–Crippen MR) is 289 cm³/mol. The van der Waals surface area contributed by atoms with Gasteiger partial charge in [-0.1, -0.05) is 58.0 Å². The third-order valence-electron chi connectivity index (χ3n) is 11.4. The number of hydrogen-bond acceptors (Lipinski definition) is 16. The van der Waals surface area contributed by atoms with Gasteiger partial charge in [-0.05, 0) is 81.3 Å². The van der Waals surface area contributed by atoms with Gasteiger partial charge in [-0.2, -0.15) is 11.8 Å². The molecule has 0 aliphatic heterocycles. The molecular formula is C48H83N15O13S. The highest BCUT2D eigenvalue weighted by Crippen LogP contribution is 2.12. The second-order valence-corrected chi connectivity index (χ2v) is 20.1. The molecule has 77 heavy (non-hydrogen) atoms. The lowest BCUT2D eigenvalue weighted by molar-refractivity contribution is -0.143. The molecule has 0 bridgehead atoms. The summed E-state index contributed by atoms with van der Waals surface area (Å²) in [7, 11) is 0. The smallest absolute Gasteiger partial charge is 0.326 e. The number of benzene rings is 1. The summed E-state index contributed by atoms with van der Waals surface area (Å²) < 4.78 is 0. The summed E-state index contributed by atoms with van der Waals surface area (Å²) in [6.07, 6.45) is 0.522. The number of carboxylic acids is 1. The molecule has 0 aliphatic carbocycles. The normalized spacial score (nSPS) is 15.0. The summed E-state index contributed by atoms with van der Waals surface area (Å²) in [5.74, 6) is -9.20. The second-order valence-electron chi connectivity index (χ2n) is 19.1. The monoisotopic (exact) mass is 1110 g/mol. The molecule has 29 heteroatoms. The average molecular weight is 1110 g/mol. The summed E-state index contributed by atoms with van der Waals surface area (Å²) in [4.78, 5) is 129. The number of nitrogens with two attached hydrogens (primary N) is 5. The standard InChI is InChI=1S/C48H83N15O13S/c1-25(2)20-32(41(70)60-34(46(75)76)21-26(3)4)58-44(73)36(24-65)61-40(69)31(16-19-77-6)57-39(68)30(15-11-18-55-48(52)53)56-43(72)35(23-64)62-42(71)33(22-28-12-8-7-9-13-28)59-45(74)37(27(5)66)63-38(67)29(49)14-10-17-54-47(50)51/h7-9,12-13,25-27,29-37,64-66H,10-11,14-24,49H2,1-6H3,(H,56,72)(H,57,68)(H,58,73)(H,59,74)(H,60,70)(H,61,69)(H,62,71)(H,63,67)(H,75,76)(H4,50,51,54)(H4,52,53,55)/t27-,29+,30+,31+,32+,33+,34+,35+,36+,37+/m1/s1. The first-order chi connectivity index (χ1) is 36.2. The van der Waals surface area contributed by atoms with E-state index in [1.54, 1.807) is 64.3 Å². The number of aliphatic imine (C=N–C) groups is 2. The van der Waals surface area contributed by atoms with Gasteiger partial charge in [0.15, 0.2) is 11.9 Å². The van der Waals surface area contributed by atoms with E-state index in [-0.39, 0.29) is 87.5 Å². The van der Waals surface area contributed by atoms with E-state index in [4.69, 9.17) is 28.7 Å². The summed E-state index contributed by atoms with van der Waals surface area (Å²) in [6, 6.07) is -4.71. The van der Waals surface area contributed by atoms with Crippen molar-refractivity contribution in [2.24, 2.45) is 50.5 Å². The van der Waals surface area contributed by atoms with Crippen molar-refractivity contribution in [2.45, 2.75) is 146 Å². The molecule has 8 amide bonds. The van der Waals surface area contributed by atoms with Gasteiger partial charge in [-0.25, -0.2) is 4.79 Å². The van der Waals surface area contributed by atoms with Crippen LogP contribution in [0.5, 0.6) is 0 Å². The molecule has 28 nitrogen and oxygen atoms in total. The van der Waals surface area contributed by atoms with Gasteiger partial charge in [0, 0.05) is 19.5 Å². The quantitative estimate of drug-likeness (QED) is 0.0168. The summed E-state index contributed by atoms with van der Waals surface area (Å²) in [5, 5.41) is 60.6. The molecule has 1 aromatic rings. The Bertz CT molecular complexity index is 2130. The zero-order chi connectivity index (χ0) is 58.4. The number of amides is 8. The van der Waals surface area contributed by atoms with Gasteiger partial charge in [0.05, 0.1) is 25.4 Å². The fourth-order valence-corrected chi connectivity index (χ4v) is 7.80. The number of nitrogens with zero attached hydrogens (tertiary/aromatic N) is 2. The van der Waals surface area contributed by atoms with Gasteiger partial charge in [0.25, 0.3) is 0 Å². The van der Waals surface area contributed by atoms with Crippen LogP contribution in [0.1, 0.15) is 85.1 Å². The molecule has 0 radical (unpaired) electrons. The van der Waals surface area contributed by atoms with Gasteiger partial charge in [0.1, 0.15) is 48.3 Å². The van der Waals surface area contributed by atoms with Crippen molar-refractivity contribution in [3.8, 4) is 0 Å². The minimum Gasteiger partial charge on any atom is -0.480 e. The van der Waals surface area contributed by atoms with Gasteiger partial charge in [-0.3, -0.25) is 48.3 Å². The predicted octanol–water partition coefficient (Wildman–Crippen LogP) is -5.16. The molecule has 0 fully saturated rings. The summed E-state index contributed by atoms with van der Waals surface area (Å²) in [5.41, 5.74) is 28.2. The van der Waals surface area contributed by atoms with Crippen LogP contribution < -0.4 is 71.2 Å². The fourth-order valence-electron chi connectivity index (χ4n) is 7.33. The second kappa shape index (κ2) is 36.3. The molecule has 0 aliphatic rings. The van der Waals surface area contributed by atoms with E-state index in [1.807, 2.05) is 0 Å². The lowest BCUT2D eigenvalue weighted by Gasteiger charge is -2.28. The van der Waals surface area contributed by atoms with Crippen LogP contribution in [-0.2, 0) is 49.6 Å². The van der Waals surface area contributed by atoms with Crippen molar-refractivity contribution in [2.75, 3.05) is 38.3 Å². The molecule has 0 spiro atoms. The van der Waals surface area contributed by atoms with Gasteiger partial charge in [0.2, 0.25) is 47.3 Å². The molecular weight excluding hydrogens is 1030 g/mol. The number of rotatable bonds is 37. The Labute approximate surface area is 452 Å². The summed E-state index contributed by atoms with van der Waals surface area (Å²) >= 11 is 1.31. The van der Waals surface area contributed by atoms with Crippen molar-refractivity contribution in [3.05, 3.63) is 35.9 Å². The first kappa shape index (κ1) is 68.2. The number of carbonyl (C=O) groups excluding carboxylic acids is 8. The van der Waals surface area contributed by atoms with Crippen molar-refractivity contribution in [3.63, 3.8) is 0 Å². The molecule has 0 saturated heterocycles. The van der Waals surface area contributed by atoms with E-state index in [1.165, 1.54) is 18.7 Å². The van der Waals surface area contributed by atoms with E-state index in [0.717, 1.165) is 0 Å². The first-order valence-electron chi connectivity index (χ1n) is 25.2. The highest BCUT2D eigenvalue weighted by Gasteiger charge is 2.36. The fraction of sp³-hybridized carbons (Fsp3) is 0.646. The van der Waals surface area contributed by atoms with Crippen LogP contribution in [0.2, 0.25) is 0 Å². The molecule has 22 N–H and O–H groups in total. The number of carboxylic acid groups (broad SMARTS) is 1. The first-order valence-corrected chi connectivity index (χ1v) is 26.6. The van der Waals surface area contributed by atoms with Gasteiger partial charge in [-0.15, -0.1) is 0 Å². The Morgan fingerprint density at radius 1 is 0.532 bits per heavy atom. The number of nitrogens with one attached hydrogen (secondary N) is 8. The summed E-state index contributed by atoms with van der Waals surface area (Å²) in [6.45, 7) is 6.50. The Kier molecular flexibility index (Phi) is 32.1. The topological polar surface area (TPSA) is 486 Å². The maximum Gasteiger partial charge on any atom is 0.326 e. The molecule has 0 heterocycles. The van der Waals surface area contributed by atoms with Crippen molar-refractivity contribution in [1.29, 1.82) is 0 Å². The number of aliphatic hydroxyl groups is 3. The Balaban J connectivity index is 3.43. The zero-order valence-corrected chi connectivity index (χ0v) is 45.5. The highest BCUT2D eigenvalue weighted by molar-refractivity contribution is 7.98. The Hall–Kier alpha value is -6.82. The van der Waals surface area contributed by atoms with E-state index >= 15 is 0 Å². The number of aliphatic carboxylic acids is 1. The van der Waals surface area contributed by atoms with E-state index in [2.05, 4.69) is 52.5 Å². The third-order valence-corrected chi connectivity index (χ3v) is 12.0. The van der Waals surface area contributed by atoms with Crippen LogP contribution in [0, 0.1) is 11.8 Å². The minimum atomic E-state index is -1.76. The number of carbonyl (C=O) groups is 9. The number of thioether (sulfide) groups is 1. The minimum absolute atomic E-state index is 0.0174. The van der Waals surface area contributed by atoms with Crippen LogP contribution in [0.25, 0.3) is 0 Å². The van der Waals surface area contributed by atoms with Crippen molar-refractivity contribution >= 4 is 76.9 Å². The molecule has 1 rings (SSSR count). The molecule has 10 atom stereocenters. The van der Waals surface area contributed by atoms with Crippen LogP contribution in [-0.4, -0.2) is 184 Å². The van der Waals surface area contributed by atoms with Crippen LogP contribution in [0.4, 0.5) is 0 Å². The zero-order valence-electron chi connectivity index (χ0n) is 44.7. The number of aliphatic hydroxyl groups excluding tert-OH is 3. The molecule has 0 unspecified atom stereocenters. The lowest BCUT2D eigenvalue weighted by Crippen LogP contribution is -2.62. The van der Waals surface area contributed by atoms with Crippen molar-refractivity contribution in [1.82, 2.24) is 42.5 Å². The molecule has 0 saturated carbocycles. The van der Waals surface area contributed by atoms with Crippen LogP contribution in [0.3, 0.4) is 0 Å². The maximum atomic E-state index is 14.1. The van der Waals surface area contributed by atoms with E-state index in [9.17, 15) is 63.6 Å². The largest absolute Gasteiger partial charge is 0.480 e. The van der Waals surface area contributed by atoms with Crippen molar-refractivity contribution < 1.29 is 63.6 Å². The van der Waals surface area contributed by atoms with Crippen LogP contribution in [0.15, 0.2) is 40.3 Å². The Morgan fingerprint density at radius 2 is 0.935 bits per heavy atom. The van der Waals surface area contributed by atoms with E-state index < -0.39 is 127 Å². The van der Waals surface area contributed by atoms with Crippen LogP contribution >= 0.6 is 11.8 Å². The molecule has 1 aromatic carbocycles. The third kappa shape index (κ3) is 27.2. The van der Waals surface area contributed by atoms with Gasteiger partial charge < -0.3 is 91.6 Å².